The molecular formula is C15H16N2O2S. The first-order valence-electron chi connectivity index (χ1n) is 6.78. The van der Waals surface area contributed by atoms with Crippen LogP contribution in [0, 0.1) is 6.92 Å². The Hall–Kier alpha value is -1.75. The van der Waals surface area contributed by atoms with Crippen LogP contribution < -0.4 is 0 Å². The lowest BCUT2D eigenvalue weighted by molar-refractivity contribution is -0.145. The molecule has 5 heteroatoms. The monoisotopic (exact) mass is 288 g/mol. The maximum atomic E-state index is 11.9. The van der Waals surface area contributed by atoms with Gasteiger partial charge in [-0.15, -0.1) is 11.3 Å². The van der Waals surface area contributed by atoms with E-state index in [0.29, 0.717) is 6.61 Å². The van der Waals surface area contributed by atoms with Crippen LogP contribution in [0.1, 0.15) is 35.4 Å². The van der Waals surface area contributed by atoms with E-state index < -0.39 is 0 Å². The summed E-state index contributed by atoms with van der Waals surface area (Å²) in [5, 5.41) is 0.893. The van der Waals surface area contributed by atoms with E-state index in [9.17, 15) is 4.79 Å². The fraction of sp³-hybridized carbons (Fsp3) is 0.400. The molecule has 4 nitrogen and oxygen atoms in total. The topological polar surface area (TPSA) is 52.1 Å². The number of rotatable bonds is 3. The molecule has 1 atom stereocenters. The van der Waals surface area contributed by atoms with E-state index in [4.69, 9.17) is 4.74 Å². The minimum absolute atomic E-state index is 0.153. The maximum Gasteiger partial charge on any atom is 0.315 e. The molecule has 0 aliphatic heterocycles. The Bertz CT molecular complexity index is 634. The quantitative estimate of drug-likeness (QED) is 0.814. The molecule has 0 aromatic carbocycles. The maximum absolute atomic E-state index is 11.9. The second kappa shape index (κ2) is 5.32. The summed E-state index contributed by atoms with van der Waals surface area (Å²) in [5.74, 6) is -0.347. The van der Waals surface area contributed by atoms with Crippen molar-refractivity contribution in [3.63, 3.8) is 0 Å². The molecule has 0 radical (unpaired) electrons. The van der Waals surface area contributed by atoms with Crippen molar-refractivity contribution in [3.05, 3.63) is 34.5 Å². The zero-order chi connectivity index (χ0) is 14.1. The van der Waals surface area contributed by atoms with Crippen molar-refractivity contribution in [1.82, 2.24) is 9.97 Å². The van der Waals surface area contributed by atoms with Crippen LogP contribution in [-0.2, 0) is 16.0 Å². The minimum atomic E-state index is -0.194. The highest BCUT2D eigenvalue weighted by molar-refractivity contribution is 7.15. The molecule has 2 aromatic heterocycles. The molecular weight excluding hydrogens is 272 g/mol. The number of aromatic nitrogens is 2. The summed E-state index contributed by atoms with van der Waals surface area (Å²) in [4.78, 5) is 22.2. The van der Waals surface area contributed by atoms with Crippen LogP contribution in [0.25, 0.3) is 10.7 Å². The summed E-state index contributed by atoms with van der Waals surface area (Å²) in [6.45, 7) is 4.26. The van der Waals surface area contributed by atoms with E-state index in [1.54, 1.807) is 11.3 Å². The summed E-state index contributed by atoms with van der Waals surface area (Å²) >= 11 is 1.64. The normalized spacial score (nSPS) is 17.0. The van der Waals surface area contributed by atoms with Crippen LogP contribution in [0.3, 0.4) is 0 Å². The smallest absolute Gasteiger partial charge is 0.315 e. The molecule has 1 unspecified atom stereocenters. The highest BCUT2D eigenvalue weighted by Crippen LogP contribution is 2.39. The van der Waals surface area contributed by atoms with Gasteiger partial charge in [-0.1, -0.05) is 6.07 Å². The Morgan fingerprint density at radius 2 is 2.35 bits per heavy atom. The fourth-order valence-electron chi connectivity index (χ4n) is 2.40. The largest absolute Gasteiger partial charge is 0.465 e. The highest BCUT2D eigenvalue weighted by atomic mass is 32.1. The van der Waals surface area contributed by atoms with Gasteiger partial charge < -0.3 is 4.74 Å². The first-order chi connectivity index (χ1) is 9.69. The van der Waals surface area contributed by atoms with E-state index in [1.165, 1.54) is 4.88 Å². The average Bonchev–Trinajstić information content (AvgIpc) is 2.99. The molecule has 2 heterocycles. The van der Waals surface area contributed by atoms with Crippen molar-refractivity contribution in [2.45, 2.75) is 32.6 Å². The van der Waals surface area contributed by atoms with Crippen LogP contribution in [0.5, 0.6) is 0 Å². The molecule has 1 aliphatic carbocycles. The van der Waals surface area contributed by atoms with Crippen LogP contribution in [0.15, 0.2) is 18.3 Å². The average molecular weight is 288 g/mol. The first kappa shape index (κ1) is 13.2. The SMILES string of the molecule is CCOC(=O)C1CCc2sc(-c3ccc(C)cn3)nc21. The zero-order valence-corrected chi connectivity index (χ0v) is 12.4. The van der Waals surface area contributed by atoms with Gasteiger partial charge in [0, 0.05) is 11.1 Å². The van der Waals surface area contributed by atoms with Crippen molar-refractivity contribution in [2.75, 3.05) is 6.61 Å². The van der Waals surface area contributed by atoms with E-state index in [2.05, 4.69) is 9.97 Å². The van der Waals surface area contributed by atoms with Crippen molar-refractivity contribution < 1.29 is 9.53 Å². The van der Waals surface area contributed by atoms with Gasteiger partial charge in [0.25, 0.3) is 0 Å². The number of carbonyl (C=O) groups excluding carboxylic acids is 1. The molecule has 0 saturated heterocycles. The summed E-state index contributed by atoms with van der Waals surface area (Å²) in [6.07, 6.45) is 3.56. The summed E-state index contributed by atoms with van der Waals surface area (Å²) < 4.78 is 5.12. The number of ether oxygens (including phenoxy) is 1. The Labute approximate surface area is 121 Å². The predicted octanol–water partition coefficient (Wildman–Crippen LogP) is 3.11. The molecule has 0 amide bonds. The van der Waals surface area contributed by atoms with Gasteiger partial charge in [-0.2, -0.15) is 0 Å². The third-order valence-electron chi connectivity index (χ3n) is 3.42. The number of hydrogen-bond acceptors (Lipinski definition) is 5. The summed E-state index contributed by atoms with van der Waals surface area (Å²) in [6, 6.07) is 4.00. The molecule has 1 aliphatic rings. The van der Waals surface area contributed by atoms with E-state index in [0.717, 1.165) is 34.8 Å². The van der Waals surface area contributed by atoms with Crippen molar-refractivity contribution >= 4 is 17.3 Å². The lowest BCUT2D eigenvalue weighted by Gasteiger charge is -2.07. The number of pyridine rings is 1. The summed E-state index contributed by atoms with van der Waals surface area (Å²) in [7, 11) is 0. The Morgan fingerprint density at radius 3 is 3.05 bits per heavy atom. The molecule has 3 rings (SSSR count). The number of aryl methyl sites for hydroxylation is 2. The number of carbonyl (C=O) groups is 1. The van der Waals surface area contributed by atoms with Crippen LogP contribution in [0.2, 0.25) is 0 Å². The molecule has 0 N–H and O–H groups in total. The molecule has 0 bridgehead atoms. The number of esters is 1. The third-order valence-corrected chi connectivity index (χ3v) is 4.57. The molecule has 20 heavy (non-hydrogen) atoms. The van der Waals surface area contributed by atoms with Gasteiger partial charge in [-0.3, -0.25) is 9.78 Å². The van der Waals surface area contributed by atoms with Crippen molar-refractivity contribution in [3.8, 4) is 10.7 Å². The molecule has 2 aromatic rings. The van der Waals surface area contributed by atoms with Gasteiger partial charge in [0.05, 0.1) is 18.0 Å². The lowest BCUT2D eigenvalue weighted by Crippen LogP contribution is -2.14. The molecule has 0 spiro atoms. The second-order valence-electron chi connectivity index (χ2n) is 4.89. The number of nitrogens with zero attached hydrogens (tertiary/aromatic N) is 2. The van der Waals surface area contributed by atoms with Crippen molar-refractivity contribution in [1.29, 1.82) is 0 Å². The lowest BCUT2D eigenvalue weighted by atomic mass is 10.1. The third kappa shape index (κ3) is 2.33. The number of fused-ring (bicyclic) bond motifs is 1. The van der Waals surface area contributed by atoms with E-state index in [-0.39, 0.29) is 11.9 Å². The molecule has 104 valence electrons. The van der Waals surface area contributed by atoms with E-state index >= 15 is 0 Å². The molecule has 0 saturated carbocycles. The van der Waals surface area contributed by atoms with Gasteiger partial charge in [0.15, 0.2) is 0 Å². The summed E-state index contributed by atoms with van der Waals surface area (Å²) in [5.41, 5.74) is 2.89. The number of thiazole rings is 1. The minimum Gasteiger partial charge on any atom is -0.465 e. The highest BCUT2D eigenvalue weighted by Gasteiger charge is 2.33. The second-order valence-corrected chi connectivity index (χ2v) is 5.98. The first-order valence-corrected chi connectivity index (χ1v) is 7.60. The van der Waals surface area contributed by atoms with Gasteiger partial charge in [0.1, 0.15) is 10.9 Å². The number of hydrogen-bond donors (Lipinski definition) is 0. The van der Waals surface area contributed by atoms with Gasteiger partial charge >= 0.3 is 5.97 Å². The van der Waals surface area contributed by atoms with Crippen LogP contribution in [0.4, 0.5) is 0 Å². The van der Waals surface area contributed by atoms with Gasteiger partial charge in [-0.25, -0.2) is 4.98 Å². The Balaban J connectivity index is 1.90. The Kier molecular flexibility index (Phi) is 3.53. The van der Waals surface area contributed by atoms with Gasteiger partial charge in [0.2, 0.25) is 0 Å². The van der Waals surface area contributed by atoms with E-state index in [1.807, 2.05) is 32.2 Å². The van der Waals surface area contributed by atoms with Gasteiger partial charge in [-0.05, 0) is 38.3 Å². The van der Waals surface area contributed by atoms with Crippen LogP contribution in [-0.4, -0.2) is 22.5 Å². The standard InChI is InChI=1S/C15H16N2O2S/c1-3-19-15(18)10-5-7-12-13(10)17-14(20-12)11-6-4-9(2)8-16-11/h4,6,8,10H,3,5,7H2,1-2H3. The van der Waals surface area contributed by atoms with Crippen molar-refractivity contribution in [2.24, 2.45) is 0 Å². The Morgan fingerprint density at radius 1 is 1.50 bits per heavy atom. The van der Waals surface area contributed by atoms with Crippen LogP contribution >= 0.6 is 11.3 Å². The molecule has 0 fully saturated rings. The fourth-order valence-corrected chi connectivity index (χ4v) is 3.52. The zero-order valence-electron chi connectivity index (χ0n) is 11.5. The predicted molar refractivity (Wildman–Crippen MR) is 77.8 cm³/mol.